The summed E-state index contributed by atoms with van der Waals surface area (Å²) in [6.07, 6.45) is -6.91. The summed E-state index contributed by atoms with van der Waals surface area (Å²) in [5.74, 6) is -5.75. The Balaban J connectivity index is 0.000000775. The van der Waals surface area contributed by atoms with Crippen LogP contribution in [0.1, 0.15) is 57.5 Å². The number of aliphatic hydroxyl groups is 2. The van der Waals surface area contributed by atoms with Crippen LogP contribution in [0, 0.1) is 11.6 Å². The van der Waals surface area contributed by atoms with Gasteiger partial charge in [-0.25, -0.2) is 23.4 Å². The molecule has 1 aliphatic heterocycles. The Kier molecular flexibility index (Phi) is 17.1. The molecule has 0 spiro atoms. The van der Waals surface area contributed by atoms with Gasteiger partial charge >= 0.3 is 24.3 Å². The van der Waals surface area contributed by atoms with Gasteiger partial charge in [-0.2, -0.15) is 4.98 Å². The Morgan fingerprint density at radius 3 is 1.99 bits per heavy atom. The van der Waals surface area contributed by atoms with Crippen LogP contribution in [0.25, 0.3) is 22.2 Å². The molecule has 3 aromatic carbocycles. The number of nitrogens with zero attached hydrogens (tertiary/aromatic N) is 5. The number of likely N-dealkylation sites (tertiary alicyclic amines) is 1. The summed E-state index contributed by atoms with van der Waals surface area (Å²) in [6, 6.07) is 19.0. The van der Waals surface area contributed by atoms with Crippen molar-refractivity contribution in [1.82, 2.24) is 24.3 Å². The molecule has 1 aliphatic rings. The molecule has 5 aromatic rings. The van der Waals surface area contributed by atoms with Crippen LogP contribution < -0.4 is 10.3 Å². The van der Waals surface area contributed by atoms with Crippen LogP contribution >= 0.6 is 0 Å². The molecule has 0 unspecified atom stereocenters. The smallest absolute Gasteiger partial charge is 0.479 e. The van der Waals surface area contributed by atoms with E-state index < -0.39 is 53.2 Å². The molecule has 1 saturated heterocycles. The third-order valence-corrected chi connectivity index (χ3v) is 11.1. The highest BCUT2D eigenvalue weighted by atomic mass is 19.4. The first-order valence-corrected chi connectivity index (χ1v) is 21.3. The summed E-state index contributed by atoms with van der Waals surface area (Å²) < 4.78 is 77.4. The molecule has 0 radical (unpaired) electrons. The quantitative estimate of drug-likeness (QED) is 0.0707. The summed E-state index contributed by atoms with van der Waals surface area (Å²) in [6.45, 7) is 8.17. The van der Waals surface area contributed by atoms with Gasteiger partial charge in [-0.1, -0.05) is 42.5 Å². The molecule has 3 heterocycles. The molecule has 0 aliphatic carbocycles. The Morgan fingerprint density at radius 1 is 0.853 bits per heavy atom. The van der Waals surface area contributed by atoms with E-state index in [9.17, 15) is 45.9 Å². The van der Waals surface area contributed by atoms with Gasteiger partial charge in [0.2, 0.25) is 5.91 Å². The minimum Gasteiger partial charge on any atom is -0.479 e. The number of hydrogen-bond donors (Lipinski definition) is 4. The van der Waals surface area contributed by atoms with E-state index in [0.29, 0.717) is 31.5 Å². The van der Waals surface area contributed by atoms with Crippen LogP contribution in [0.2, 0.25) is 0 Å². The number of piperidine rings is 1. The number of carboxylic acids is 2. The van der Waals surface area contributed by atoms with Crippen molar-refractivity contribution in [3.05, 3.63) is 124 Å². The third kappa shape index (κ3) is 13.6. The Bertz CT molecular complexity index is 2620. The molecule has 2 atom stereocenters. The number of aromatic nitrogens is 3. The van der Waals surface area contributed by atoms with Gasteiger partial charge in [-0.05, 0) is 99.5 Å². The maximum Gasteiger partial charge on any atom is 0.573 e. The van der Waals surface area contributed by atoms with Crippen molar-refractivity contribution in [2.24, 2.45) is 0 Å². The average Bonchev–Trinajstić information content (AvgIpc) is 3.28. The van der Waals surface area contributed by atoms with Crippen molar-refractivity contribution in [1.29, 1.82) is 0 Å². The standard InChI is InChI=1S/C43H44F5N5O5.C4H6O6/c1-27(2)57-41(56)42(3,4)51-22-19-33(20-23-51)52(25-28-7-9-29(10-8-28)30-12-16-34(17-13-30)58-43(46,47)48)38(54)26-53-37(18-14-31-11-15-32(44)24-36(31)45)50-40(55)35-6-5-21-49-39(35)53;5-1(3(7)8)2(6)4(9)10/h5-13,15-17,21,24,27,33H,14,18-20,22-23,25-26H2,1-4H3;1-2,5-6H,(H,7,8)(H,9,10)/t;1-,2-/m.1/s1. The number of aryl methyl sites for hydroxylation is 2. The average molecular weight is 956 g/mol. The van der Waals surface area contributed by atoms with Gasteiger partial charge in [0.25, 0.3) is 5.56 Å². The molecule has 364 valence electrons. The van der Waals surface area contributed by atoms with Crippen molar-refractivity contribution in [3.63, 3.8) is 0 Å². The molecule has 0 bridgehead atoms. The van der Waals surface area contributed by atoms with E-state index in [1.165, 1.54) is 36.5 Å². The number of carbonyl (C=O) groups is 4. The van der Waals surface area contributed by atoms with Crippen molar-refractivity contribution in [2.45, 2.75) is 103 Å². The zero-order valence-electron chi connectivity index (χ0n) is 37.3. The topological polar surface area (TPSA) is 222 Å². The number of pyridine rings is 1. The van der Waals surface area contributed by atoms with Gasteiger partial charge in [0.05, 0.1) is 11.5 Å². The lowest BCUT2D eigenvalue weighted by atomic mass is 9.95. The molecule has 16 nitrogen and oxygen atoms in total. The second-order valence-corrected chi connectivity index (χ2v) is 16.6. The predicted octanol–water partition coefficient (Wildman–Crippen LogP) is 5.52. The molecule has 1 fully saturated rings. The lowest BCUT2D eigenvalue weighted by Gasteiger charge is -2.44. The number of hydrogen-bond acceptors (Lipinski definition) is 12. The Morgan fingerprint density at radius 2 is 1.44 bits per heavy atom. The number of aliphatic carboxylic acids is 2. The maximum atomic E-state index is 14.7. The van der Waals surface area contributed by atoms with Crippen LogP contribution in [-0.2, 0) is 49.8 Å². The van der Waals surface area contributed by atoms with Crippen LogP contribution in [0.15, 0.2) is 89.9 Å². The SMILES string of the molecule is CC(C)OC(=O)C(C)(C)N1CCC(N(Cc2ccc(-c3ccc(OC(F)(F)F)cc3)cc2)C(=O)Cn2c(CCc3ccc(F)cc3F)nc(=O)c3cccnc32)CC1.O=C(O)[C@H](O)[C@@H](O)C(=O)O. The molecule has 6 rings (SSSR count). The van der Waals surface area contributed by atoms with E-state index >= 15 is 0 Å². The maximum absolute atomic E-state index is 14.7. The van der Waals surface area contributed by atoms with E-state index in [1.54, 1.807) is 35.4 Å². The lowest BCUT2D eigenvalue weighted by molar-refractivity contribution is -0.274. The number of rotatable bonds is 16. The van der Waals surface area contributed by atoms with Crippen LogP contribution in [0.4, 0.5) is 22.0 Å². The molecular formula is C47H50F5N5O11. The third-order valence-electron chi connectivity index (χ3n) is 11.1. The van der Waals surface area contributed by atoms with Gasteiger partial charge < -0.3 is 39.4 Å². The number of alkyl halides is 3. The first-order valence-electron chi connectivity index (χ1n) is 21.3. The van der Waals surface area contributed by atoms with Gasteiger partial charge in [0.15, 0.2) is 12.2 Å². The molecule has 68 heavy (non-hydrogen) atoms. The van der Waals surface area contributed by atoms with Crippen molar-refractivity contribution < 1.29 is 71.0 Å². The fourth-order valence-electron chi connectivity index (χ4n) is 7.46. The summed E-state index contributed by atoms with van der Waals surface area (Å²) in [5, 5.41) is 32.7. The fourth-order valence-corrected chi connectivity index (χ4v) is 7.46. The molecule has 1 amide bonds. The number of carboxylic acid groups (broad SMARTS) is 2. The van der Waals surface area contributed by atoms with Crippen LogP contribution in [0.3, 0.4) is 0 Å². The number of halogens is 5. The van der Waals surface area contributed by atoms with Crippen LogP contribution in [0.5, 0.6) is 5.75 Å². The summed E-state index contributed by atoms with van der Waals surface area (Å²) in [4.78, 5) is 72.9. The lowest BCUT2D eigenvalue weighted by Crippen LogP contribution is -2.57. The Hall–Kier alpha value is -6.84. The second-order valence-electron chi connectivity index (χ2n) is 16.6. The second kappa shape index (κ2) is 22.3. The first-order chi connectivity index (χ1) is 31.9. The highest BCUT2D eigenvalue weighted by Gasteiger charge is 2.40. The number of fused-ring (bicyclic) bond motifs is 1. The number of amides is 1. The number of benzene rings is 3. The highest BCUT2D eigenvalue weighted by molar-refractivity contribution is 5.83. The van der Waals surface area contributed by atoms with E-state index in [2.05, 4.69) is 14.7 Å². The van der Waals surface area contributed by atoms with Gasteiger partial charge in [0.1, 0.15) is 40.9 Å². The highest BCUT2D eigenvalue weighted by Crippen LogP contribution is 2.29. The molecule has 2 aromatic heterocycles. The minimum atomic E-state index is -4.80. The zero-order valence-corrected chi connectivity index (χ0v) is 37.3. The normalized spacial score (nSPS) is 14.4. The largest absolute Gasteiger partial charge is 0.573 e. The van der Waals surface area contributed by atoms with Crippen molar-refractivity contribution >= 4 is 34.8 Å². The van der Waals surface area contributed by atoms with Crippen molar-refractivity contribution in [3.8, 4) is 16.9 Å². The van der Waals surface area contributed by atoms with Gasteiger partial charge in [-0.3, -0.25) is 19.3 Å². The summed E-state index contributed by atoms with van der Waals surface area (Å²) in [5.41, 5.74) is 1.19. The minimum absolute atomic E-state index is 0.0578. The first kappa shape index (κ1) is 52.1. The number of ether oxygens (including phenoxy) is 2. The van der Waals surface area contributed by atoms with Gasteiger partial charge in [0, 0.05) is 44.4 Å². The van der Waals surface area contributed by atoms with E-state index in [-0.39, 0.29) is 78.1 Å². The zero-order chi connectivity index (χ0) is 50.1. The molecular weight excluding hydrogens is 906 g/mol. The van der Waals surface area contributed by atoms with Crippen LogP contribution in [-0.4, -0.2) is 118 Å². The van der Waals surface area contributed by atoms with E-state index in [1.807, 2.05) is 43.0 Å². The number of esters is 1. The summed E-state index contributed by atoms with van der Waals surface area (Å²) in [7, 11) is 0. The van der Waals surface area contributed by atoms with E-state index in [4.69, 9.17) is 25.2 Å². The van der Waals surface area contributed by atoms with E-state index in [0.717, 1.165) is 23.3 Å². The van der Waals surface area contributed by atoms with Gasteiger partial charge in [-0.15, -0.1) is 13.2 Å². The molecule has 0 saturated carbocycles. The monoisotopic (exact) mass is 955 g/mol. The van der Waals surface area contributed by atoms with Crippen molar-refractivity contribution in [2.75, 3.05) is 13.1 Å². The summed E-state index contributed by atoms with van der Waals surface area (Å²) >= 11 is 0. The Labute approximate surface area is 386 Å². The number of carbonyl (C=O) groups excluding carboxylic acids is 2. The molecule has 4 N–H and O–H groups in total. The molecule has 21 heteroatoms. The number of aliphatic hydroxyl groups excluding tert-OH is 2. The fraction of sp³-hybridized carbons (Fsp3) is 0.383. The predicted molar refractivity (Wildman–Crippen MR) is 234 cm³/mol.